The Hall–Kier alpha value is -2.56. The van der Waals surface area contributed by atoms with Crippen LogP contribution in [0.1, 0.15) is 11.1 Å². The molecule has 1 aliphatic rings. The Labute approximate surface area is 168 Å². The lowest BCUT2D eigenvalue weighted by Gasteiger charge is -2.10. The molecular weight excluding hydrogens is 433 g/mol. The van der Waals surface area contributed by atoms with Crippen LogP contribution in [0.3, 0.4) is 0 Å². The van der Waals surface area contributed by atoms with Gasteiger partial charge in [-0.25, -0.2) is 4.39 Å². The molecule has 7 heteroatoms. The SMILES string of the molecule is C#CCN1C(=O)SC(=Cc2ccc(OCc3ccccc3F)c(Br)c2)C1=O. The van der Waals surface area contributed by atoms with Gasteiger partial charge in [-0.2, -0.15) is 0 Å². The van der Waals surface area contributed by atoms with E-state index in [4.69, 9.17) is 11.2 Å². The van der Waals surface area contributed by atoms with Crippen LogP contribution in [0.2, 0.25) is 0 Å². The molecule has 1 heterocycles. The van der Waals surface area contributed by atoms with E-state index < -0.39 is 5.91 Å². The number of carbonyl (C=O) groups excluding carboxylic acids is 2. The Balaban J connectivity index is 1.74. The third-order valence-corrected chi connectivity index (χ3v) is 5.24. The van der Waals surface area contributed by atoms with Gasteiger partial charge in [-0.1, -0.05) is 30.2 Å². The van der Waals surface area contributed by atoms with Crippen molar-refractivity contribution in [3.63, 3.8) is 0 Å². The fourth-order valence-electron chi connectivity index (χ4n) is 2.37. The second-order valence-corrected chi connectivity index (χ2v) is 7.39. The maximum atomic E-state index is 13.7. The van der Waals surface area contributed by atoms with E-state index in [0.717, 1.165) is 16.7 Å². The molecule has 136 valence electrons. The molecular formula is C20H13BrFNO3S. The first-order valence-corrected chi connectivity index (χ1v) is 9.45. The van der Waals surface area contributed by atoms with Crippen LogP contribution in [0.25, 0.3) is 6.08 Å². The van der Waals surface area contributed by atoms with Gasteiger partial charge in [0.05, 0.1) is 15.9 Å². The molecule has 4 nitrogen and oxygen atoms in total. The molecule has 2 amide bonds. The molecule has 0 atom stereocenters. The summed E-state index contributed by atoms with van der Waals surface area (Å²) in [6, 6.07) is 11.6. The molecule has 0 N–H and O–H groups in total. The minimum Gasteiger partial charge on any atom is -0.488 e. The lowest BCUT2D eigenvalue weighted by Crippen LogP contribution is -2.28. The zero-order valence-electron chi connectivity index (χ0n) is 13.9. The highest BCUT2D eigenvalue weighted by molar-refractivity contribution is 9.10. The number of carbonyl (C=O) groups is 2. The largest absolute Gasteiger partial charge is 0.488 e. The Morgan fingerprint density at radius 2 is 2.04 bits per heavy atom. The Morgan fingerprint density at radius 3 is 2.74 bits per heavy atom. The fourth-order valence-corrected chi connectivity index (χ4v) is 3.72. The summed E-state index contributed by atoms with van der Waals surface area (Å²) in [5, 5.41) is -0.381. The van der Waals surface area contributed by atoms with E-state index in [0.29, 0.717) is 26.3 Å². The van der Waals surface area contributed by atoms with Crippen LogP contribution in [0.15, 0.2) is 51.8 Å². The molecule has 3 rings (SSSR count). The van der Waals surface area contributed by atoms with E-state index in [2.05, 4.69) is 21.9 Å². The molecule has 2 aromatic rings. The molecule has 1 fully saturated rings. The van der Waals surface area contributed by atoms with Crippen molar-refractivity contribution in [2.45, 2.75) is 6.61 Å². The van der Waals surface area contributed by atoms with Gasteiger partial charge in [0.15, 0.2) is 0 Å². The number of halogens is 2. The third kappa shape index (κ3) is 4.41. The summed E-state index contributed by atoms with van der Waals surface area (Å²) in [5.41, 5.74) is 1.17. The topological polar surface area (TPSA) is 46.6 Å². The van der Waals surface area contributed by atoms with Gasteiger partial charge in [0.2, 0.25) is 0 Å². The number of hydrogen-bond donors (Lipinski definition) is 0. The molecule has 0 radical (unpaired) electrons. The van der Waals surface area contributed by atoms with Crippen LogP contribution >= 0.6 is 27.7 Å². The monoisotopic (exact) mass is 445 g/mol. The first-order valence-electron chi connectivity index (χ1n) is 7.84. The van der Waals surface area contributed by atoms with Gasteiger partial charge >= 0.3 is 0 Å². The number of thioether (sulfide) groups is 1. The van der Waals surface area contributed by atoms with Crippen molar-refractivity contribution < 1.29 is 18.7 Å². The second kappa shape index (κ2) is 8.42. The molecule has 0 spiro atoms. The quantitative estimate of drug-likeness (QED) is 0.488. The van der Waals surface area contributed by atoms with E-state index in [1.165, 1.54) is 6.07 Å². The van der Waals surface area contributed by atoms with Gasteiger partial charge < -0.3 is 4.74 Å². The Kier molecular flexibility index (Phi) is 5.99. The van der Waals surface area contributed by atoms with Crippen molar-refractivity contribution in [1.29, 1.82) is 0 Å². The summed E-state index contributed by atoms with van der Waals surface area (Å²) in [7, 11) is 0. The van der Waals surface area contributed by atoms with Crippen molar-refractivity contribution >= 4 is 44.9 Å². The zero-order chi connectivity index (χ0) is 19.4. The lowest BCUT2D eigenvalue weighted by atomic mass is 10.2. The van der Waals surface area contributed by atoms with Crippen LogP contribution in [0, 0.1) is 18.2 Å². The lowest BCUT2D eigenvalue weighted by molar-refractivity contribution is -0.122. The van der Waals surface area contributed by atoms with E-state index in [9.17, 15) is 14.0 Å². The molecule has 0 bridgehead atoms. The van der Waals surface area contributed by atoms with Crippen molar-refractivity contribution in [3.8, 4) is 18.1 Å². The van der Waals surface area contributed by atoms with Crippen molar-refractivity contribution in [2.24, 2.45) is 0 Å². The van der Waals surface area contributed by atoms with Gasteiger partial charge in [0.1, 0.15) is 18.2 Å². The van der Waals surface area contributed by atoms with Gasteiger partial charge in [0.25, 0.3) is 11.1 Å². The molecule has 1 aliphatic heterocycles. The molecule has 1 saturated heterocycles. The third-order valence-electron chi connectivity index (χ3n) is 3.72. The number of terminal acetylenes is 1. The number of amides is 2. The molecule has 2 aromatic carbocycles. The molecule has 0 saturated carbocycles. The smallest absolute Gasteiger partial charge is 0.294 e. The number of ether oxygens (including phenoxy) is 1. The number of hydrogen-bond acceptors (Lipinski definition) is 4. The van der Waals surface area contributed by atoms with Crippen molar-refractivity contribution in [3.05, 3.63) is 68.8 Å². The van der Waals surface area contributed by atoms with Crippen LogP contribution in [-0.2, 0) is 11.4 Å². The van der Waals surface area contributed by atoms with Gasteiger partial charge in [-0.05, 0) is 57.5 Å². The first kappa shape index (κ1) is 19.2. The predicted molar refractivity (Wildman–Crippen MR) is 106 cm³/mol. The standard InChI is InChI=1S/C20H13BrFNO3S/c1-2-9-23-19(24)18(27-20(23)25)11-13-7-8-17(15(21)10-13)26-12-14-5-3-4-6-16(14)22/h1,3-8,10-11H,9,12H2. The average Bonchev–Trinajstić information content (AvgIpc) is 2.90. The maximum Gasteiger partial charge on any atom is 0.294 e. The first-order chi connectivity index (χ1) is 13.0. The summed E-state index contributed by atoms with van der Waals surface area (Å²) in [4.78, 5) is 25.4. The molecule has 0 unspecified atom stereocenters. The summed E-state index contributed by atoms with van der Waals surface area (Å²) in [6.45, 7) is 0.0458. The Bertz CT molecular complexity index is 983. The minimum atomic E-state index is -0.404. The predicted octanol–water partition coefficient (Wildman–Crippen LogP) is 4.84. The highest BCUT2D eigenvalue weighted by atomic mass is 79.9. The summed E-state index contributed by atoms with van der Waals surface area (Å²) in [6.07, 6.45) is 6.80. The maximum absolute atomic E-state index is 13.7. The molecule has 27 heavy (non-hydrogen) atoms. The summed E-state index contributed by atoms with van der Waals surface area (Å²) >= 11 is 4.26. The van der Waals surface area contributed by atoms with Crippen LogP contribution in [0.5, 0.6) is 5.75 Å². The summed E-state index contributed by atoms with van der Waals surface area (Å²) < 4.78 is 20.0. The number of benzene rings is 2. The summed E-state index contributed by atoms with van der Waals surface area (Å²) in [5.74, 6) is 2.10. The van der Waals surface area contributed by atoms with Crippen LogP contribution < -0.4 is 4.74 Å². The molecule has 0 aromatic heterocycles. The number of nitrogens with zero attached hydrogens (tertiary/aromatic N) is 1. The average molecular weight is 446 g/mol. The van der Waals surface area contributed by atoms with E-state index in [-0.39, 0.29) is 24.2 Å². The number of imide groups is 1. The highest BCUT2D eigenvalue weighted by Gasteiger charge is 2.34. The molecule has 0 aliphatic carbocycles. The van der Waals surface area contributed by atoms with Crippen molar-refractivity contribution in [2.75, 3.05) is 6.54 Å². The normalized spacial score (nSPS) is 15.3. The minimum absolute atomic E-state index is 0.0471. The van der Waals surface area contributed by atoms with E-state index in [1.807, 2.05) is 0 Å². The van der Waals surface area contributed by atoms with Gasteiger partial charge in [0, 0.05) is 5.56 Å². The van der Waals surface area contributed by atoms with Crippen LogP contribution in [-0.4, -0.2) is 22.6 Å². The van der Waals surface area contributed by atoms with Crippen LogP contribution in [0.4, 0.5) is 9.18 Å². The van der Waals surface area contributed by atoms with Crippen molar-refractivity contribution in [1.82, 2.24) is 4.90 Å². The van der Waals surface area contributed by atoms with E-state index >= 15 is 0 Å². The van der Waals surface area contributed by atoms with E-state index in [1.54, 1.807) is 42.5 Å². The second-order valence-electron chi connectivity index (χ2n) is 5.54. The number of rotatable bonds is 5. The zero-order valence-corrected chi connectivity index (χ0v) is 16.3. The highest BCUT2D eigenvalue weighted by Crippen LogP contribution is 2.33. The fraction of sp³-hybridized carbons (Fsp3) is 0.100. The van der Waals surface area contributed by atoms with Gasteiger partial charge in [-0.15, -0.1) is 6.42 Å². The Morgan fingerprint density at radius 1 is 1.26 bits per heavy atom. The van der Waals surface area contributed by atoms with Gasteiger partial charge in [-0.3, -0.25) is 14.5 Å².